The fourth-order valence-corrected chi connectivity index (χ4v) is 1.78. The summed E-state index contributed by atoms with van der Waals surface area (Å²) in [7, 11) is 0. The molecule has 0 fully saturated rings. The van der Waals surface area contributed by atoms with E-state index in [1.54, 1.807) is 0 Å². The summed E-state index contributed by atoms with van der Waals surface area (Å²) in [5, 5.41) is 4.23. The monoisotopic (exact) mass is 195 g/mol. The highest BCUT2D eigenvalue weighted by Gasteiger charge is 2.09. The summed E-state index contributed by atoms with van der Waals surface area (Å²) in [6, 6.07) is 2.32. The molecule has 0 aliphatic rings. The lowest BCUT2D eigenvalue weighted by molar-refractivity contribution is 0.478. The van der Waals surface area contributed by atoms with Crippen molar-refractivity contribution in [3.63, 3.8) is 0 Å². The van der Waals surface area contributed by atoms with E-state index in [2.05, 4.69) is 31.9 Å². The zero-order valence-electron chi connectivity index (χ0n) is 9.40. The van der Waals surface area contributed by atoms with Crippen molar-refractivity contribution in [2.24, 2.45) is 11.7 Å². The molecule has 0 saturated carbocycles. The van der Waals surface area contributed by atoms with Crippen LogP contribution in [0.5, 0.6) is 0 Å². The largest absolute Gasteiger partial charge is 0.327 e. The van der Waals surface area contributed by atoms with Crippen LogP contribution in [0.4, 0.5) is 0 Å². The molecule has 80 valence electrons. The Labute approximate surface area is 86.3 Å². The number of hydrogen-bond donors (Lipinski definition) is 1. The van der Waals surface area contributed by atoms with Crippen LogP contribution in [0, 0.1) is 5.92 Å². The summed E-state index contributed by atoms with van der Waals surface area (Å²) < 4.78 is 2.01. The van der Waals surface area contributed by atoms with Crippen LogP contribution in [-0.4, -0.2) is 15.8 Å². The quantitative estimate of drug-likeness (QED) is 0.779. The van der Waals surface area contributed by atoms with Crippen molar-refractivity contribution in [2.75, 3.05) is 0 Å². The predicted molar refractivity (Wildman–Crippen MR) is 59.0 cm³/mol. The van der Waals surface area contributed by atoms with Crippen LogP contribution < -0.4 is 5.73 Å². The number of hydrogen-bond acceptors (Lipinski definition) is 2. The van der Waals surface area contributed by atoms with Gasteiger partial charge in [-0.05, 0) is 25.3 Å². The predicted octanol–water partition coefficient (Wildman–Crippen LogP) is 1.82. The van der Waals surface area contributed by atoms with Gasteiger partial charge in [0.05, 0.1) is 0 Å². The molecule has 1 aromatic rings. The van der Waals surface area contributed by atoms with Gasteiger partial charge in [-0.2, -0.15) is 5.10 Å². The van der Waals surface area contributed by atoms with E-state index >= 15 is 0 Å². The van der Waals surface area contributed by atoms with Gasteiger partial charge in [-0.15, -0.1) is 0 Å². The Morgan fingerprint density at radius 3 is 2.79 bits per heavy atom. The lowest BCUT2D eigenvalue weighted by atomic mass is 10.0. The first-order chi connectivity index (χ1) is 6.63. The molecule has 2 N–H and O–H groups in total. The van der Waals surface area contributed by atoms with Gasteiger partial charge in [-0.25, -0.2) is 0 Å². The van der Waals surface area contributed by atoms with Crippen molar-refractivity contribution in [3.8, 4) is 0 Å². The highest BCUT2D eigenvalue weighted by Crippen LogP contribution is 2.09. The lowest BCUT2D eigenvalue weighted by Crippen LogP contribution is -2.26. The molecule has 0 amide bonds. The summed E-state index contributed by atoms with van der Waals surface area (Å²) >= 11 is 0. The third kappa shape index (κ3) is 3.14. The van der Waals surface area contributed by atoms with Crippen LogP contribution in [-0.2, 0) is 13.0 Å². The number of nitrogens with two attached hydrogens (primary N) is 1. The summed E-state index contributed by atoms with van der Waals surface area (Å²) in [6.07, 6.45) is 3.86. The molecule has 3 heteroatoms. The summed E-state index contributed by atoms with van der Waals surface area (Å²) in [5.74, 6) is 0.669. The number of nitrogens with zero attached hydrogens (tertiary/aromatic N) is 2. The molecule has 1 rings (SSSR count). The summed E-state index contributed by atoms with van der Waals surface area (Å²) in [4.78, 5) is 0. The van der Waals surface area contributed by atoms with Crippen molar-refractivity contribution in [3.05, 3.63) is 18.0 Å². The average Bonchev–Trinajstić information content (AvgIpc) is 2.50. The van der Waals surface area contributed by atoms with Crippen LogP contribution in [0.3, 0.4) is 0 Å². The van der Waals surface area contributed by atoms with E-state index in [0.717, 1.165) is 19.4 Å². The first kappa shape index (κ1) is 11.2. The van der Waals surface area contributed by atoms with Crippen molar-refractivity contribution < 1.29 is 0 Å². The number of aryl methyl sites for hydroxylation is 1. The summed E-state index contributed by atoms with van der Waals surface area (Å²) in [6.45, 7) is 7.44. The van der Waals surface area contributed by atoms with Crippen LogP contribution in [0.15, 0.2) is 12.3 Å². The zero-order chi connectivity index (χ0) is 10.6. The highest BCUT2D eigenvalue weighted by atomic mass is 15.3. The minimum absolute atomic E-state index is 0.261. The van der Waals surface area contributed by atoms with Crippen molar-refractivity contribution in [1.82, 2.24) is 9.78 Å². The highest BCUT2D eigenvalue weighted by molar-refractivity contribution is 5.02. The van der Waals surface area contributed by atoms with Gasteiger partial charge in [0, 0.05) is 30.9 Å². The van der Waals surface area contributed by atoms with E-state index in [1.807, 2.05) is 10.9 Å². The van der Waals surface area contributed by atoms with Crippen LogP contribution >= 0.6 is 0 Å². The standard InChI is InChI=1S/C11H21N3/c1-4-14-11(5-6-13-14)8-10(12)7-9(2)3/h5-6,9-10H,4,7-8,12H2,1-3H3. The number of aromatic nitrogens is 2. The molecule has 0 spiro atoms. The molecule has 1 aromatic heterocycles. The third-order valence-electron chi connectivity index (χ3n) is 2.35. The van der Waals surface area contributed by atoms with E-state index in [-0.39, 0.29) is 6.04 Å². The van der Waals surface area contributed by atoms with Gasteiger partial charge >= 0.3 is 0 Å². The van der Waals surface area contributed by atoms with Gasteiger partial charge in [0.25, 0.3) is 0 Å². The topological polar surface area (TPSA) is 43.8 Å². The molecule has 0 bridgehead atoms. The Balaban J connectivity index is 2.51. The van der Waals surface area contributed by atoms with Crippen molar-refractivity contribution >= 4 is 0 Å². The van der Waals surface area contributed by atoms with E-state index in [1.165, 1.54) is 5.69 Å². The SMILES string of the molecule is CCn1nccc1CC(N)CC(C)C. The normalized spacial score (nSPS) is 13.5. The molecule has 1 heterocycles. The first-order valence-electron chi connectivity index (χ1n) is 5.39. The number of rotatable bonds is 5. The Hall–Kier alpha value is -0.830. The molecular weight excluding hydrogens is 174 g/mol. The van der Waals surface area contributed by atoms with Crippen LogP contribution in [0.1, 0.15) is 32.9 Å². The Morgan fingerprint density at radius 1 is 1.50 bits per heavy atom. The molecular formula is C11H21N3. The third-order valence-corrected chi connectivity index (χ3v) is 2.35. The Kier molecular flexibility index (Phi) is 4.14. The Bertz CT molecular complexity index is 265. The molecule has 3 nitrogen and oxygen atoms in total. The molecule has 0 aliphatic carbocycles. The van der Waals surface area contributed by atoms with E-state index in [4.69, 9.17) is 5.73 Å². The fourth-order valence-electron chi connectivity index (χ4n) is 1.78. The molecule has 0 aliphatic heterocycles. The maximum absolute atomic E-state index is 6.05. The van der Waals surface area contributed by atoms with E-state index in [0.29, 0.717) is 5.92 Å². The van der Waals surface area contributed by atoms with E-state index < -0.39 is 0 Å². The van der Waals surface area contributed by atoms with Gasteiger partial charge < -0.3 is 5.73 Å². The van der Waals surface area contributed by atoms with Crippen LogP contribution in [0.25, 0.3) is 0 Å². The maximum Gasteiger partial charge on any atom is 0.0492 e. The lowest BCUT2D eigenvalue weighted by Gasteiger charge is -2.14. The minimum Gasteiger partial charge on any atom is -0.327 e. The fraction of sp³-hybridized carbons (Fsp3) is 0.727. The zero-order valence-corrected chi connectivity index (χ0v) is 9.40. The van der Waals surface area contributed by atoms with Gasteiger partial charge in [-0.3, -0.25) is 4.68 Å². The van der Waals surface area contributed by atoms with E-state index in [9.17, 15) is 0 Å². The van der Waals surface area contributed by atoms with Gasteiger partial charge in [0.1, 0.15) is 0 Å². The first-order valence-corrected chi connectivity index (χ1v) is 5.39. The molecule has 1 atom stereocenters. The second-order valence-electron chi connectivity index (χ2n) is 4.23. The Morgan fingerprint density at radius 2 is 2.21 bits per heavy atom. The van der Waals surface area contributed by atoms with Crippen LogP contribution in [0.2, 0.25) is 0 Å². The van der Waals surface area contributed by atoms with Gasteiger partial charge in [0.15, 0.2) is 0 Å². The molecule has 14 heavy (non-hydrogen) atoms. The minimum atomic E-state index is 0.261. The molecule has 0 saturated heterocycles. The summed E-state index contributed by atoms with van der Waals surface area (Å²) in [5.41, 5.74) is 7.30. The molecule has 0 radical (unpaired) electrons. The van der Waals surface area contributed by atoms with Crippen molar-refractivity contribution in [1.29, 1.82) is 0 Å². The molecule has 0 aromatic carbocycles. The smallest absolute Gasteiger partial charge is 0.0492 e. The maximum atomic E-state index is 6.05. The van der Waals surface area contributed by atoms with Gasteiger partial charge in [-0.1, -0.05) is 13.8 Å². The average molecular weight is 195 g/mol. The second kappa shape index (κ2) is 5.15. The second-order valence-corrected chi connectivity index (χ2v) is 4.23. The molecule has 1 unspecified atom stereocenters. The van der Waals surface area contributed by atoms with Gasteiger partial charge in [0.2, 0.25) is 0 Å². The van der Waals surface area contributed by atoms with Crippen molar-refractivity contribution in [2.45, 2.75) is 46.2 Å².